The lowest BCUT2D eigenvalue weighted by Gasteiger charge is -2.33. The second kappa shape index (κ2) is 8.32. The summed E-state index contributed by atoms with van der Waals surface area (Å²) in [5.74, 6) is 0.0210. The first-order valence-corrected chi connectivity index (χ1v) is 8.68. The first kappa shape index (κ1) is 17.0. The molecule has 1 saturated carbocycles. The first-order chi connectivity index (χ1) is 10.6. The van der Waals surface area contributed by atoms with Crippen LogP contribution in [-0.2, 0) is 9.59 Å². The van der Waals surface area contributed by atoms with Crippen LogP contribution in [0.15, 0.2) is 28.7 Å². The van der Waals surface area contributed by atoms with E-state index in [1.54, 1.807) is 6.92 Å². The van der Waals surface area contributed by atoms with E-state index in [2.05, 4.69) is 21.2 Å². The topological polar surface area (TPSA) is 49.4 Å². The van der Waals surface area contributed by atoms with Crippen LogP contribution in [0.2, 0.25) is 0 Å². The number of hydrogen-bond donors (Lipinski definition) is 1. The number of benzene rings is 1. The van der Waals surface area contributed by atoms with Crippen LogP contribution in [-0.4, -0.2) is 29.3 Å². The van der Waals surface area contributed by atoms with E-state index in [4.69, 9.17) is 0 Å². The molecule has 1 N–H and O–H groups in total. The Bertz CT molecular complexity index is 510. The summed E-state index contributed by atoms with van der Waals surface area (Å²) < 4.78 is 0.977. The number of amides is 2. The van der Waals surface area contributed by atoms with Crippen molar-refractivity contribution in [2.24, 2.45) is 0 Å². The van der Waals surface area contributed by atoms with Gasteiger partial charge in [-0.2, -0.15) is 0 Å². The largest absolute Gasteiger partial charge is 0.339 e. The zero-order valence-corrected chi connectivity index (χ0v) is 14.6. The molecule has 0 saturated heterocycles. The molecule has 0 bridgehead atoms. The molecule has 1 aliphatic rings. The van der Waals surface area contributed by atoms with E-state index in [9.17, 15) is 9.59 Å². The highest BCUT2D eigenvalue weighted by molar-refractivity contribution is 9.10. The van der Waals surface area contributed by atoms with Gasteiger partial charge in [-0.15, -0.1) is 0 Å². The van der Waals surface area contributed by atoms with Gasteiger partial charge in [0.05, 0.1) is 0 Å². The second-order valence-corrected chi connectivity index (χ2v) is 6.72. The Morgan fingerprint density at radius 2 is 1.82 bits per heavy atom. The molecule has 0 spiro atoms. The predicted molar refractivity (Wildman–Crippen MR) is 91.6 cm³/mol. The SMILES string of the molecule is CC(=O)N(CCC(=O)Nc1ccc(Br)cc1)C1CCCCC1. The van der Waals surface area contributed by atoms with Crippen molar-refractivity contribution in [2.45, 2.75) is 51.5 Å². The third kappa shape index (κ3) is 5.13. The van der Waals surface area contributed by atoms with E-state index in [-0.39, 0.29) is 11.8 Å². The summed E-state index contributed by atoms with van der Waals surface area (Å²) in [7, 11) is 0. The van der Waals surface area contributed by atoms with Gasteiger partial charge in [0.15, 0.2) is 0 Å². The molecule has 1 aromatic carbocycles. The lowest BCUT2D eigenvalue weighted by atomic mass is 9.94. The molecule has 4 nitrogen and oxygen atoms in total. The minimum absolute atomic E-state index is 0.0515. The summed E-state index contributed by atoms with van der Waals surface area (Å²) in [6, 6.07) is 7.79. The van der Waals surface area contributed by atoms with Crippen LogP contribution in [0.4, 0.5) is 5.69 Å². The van der Waals surface area contributed by atoms with Crippen LogP contribution in [0.1, 0.15) is 45.4 Å². The van der Waals surface area contributed by atoms with Crippen molar-refractivity contribution >= 4 is 33.4 Å². The quantitative estimate of drug-likeness (QED) is 0.857. The summed E-state index contributed by atoms with van der Waals surface area (Å²) >= 11 is 3.36. The molecular weight excluding hydrogens is 344 g/mol. The Kier molecular flexibility index (Phi) is 6.43. The summed E-state index contributed by atoms with van der Waals surface area (Å²) in [6.07, 6.45) is 6.08. The van der Waals surface area contributed by atoms with E-state index in [1.165, 1.54) is 19.3 Å². The molecular formula is C17H23BrN2O2. The molecule has 0 unspecified atom stereocenters. The Balaban J connectivity index is 1.84. The van der Waals surface area contributed by atoms with E-state index in [1.807, 2.05) is 29.2 Å². The molecule has 0 radical (unpaired) electrons. The van der Waals surface area contributed by atoms with Gasteiger partial charge >= 0.3 is 0 Å². The Morgan fingerprint density at radius 3 is 2.41 bits per heavy atom. The first-order valence-electron chi connectivity index (χ1n) is 7.89. The molecule has 2 rings (SSSR count). The number of carbonyl (C=O) groups excluding carboxylic acids is 2. The zero-order valence-electron chi connectivity index (χ0n) is 13.0. The molecule has 1 aromatic rings. The van der Waals surface area contributed by atoms with Crippen molar-refractivity contribution in [2.75, 3.05) is 11.9 Å². The van der Waals surface area contributed by atoms with Gasteiger partial charge in [-0.25, -0.2) is 0 Å². The molecule has 2 amide bonds. The highest BCUT2D eigenvalue weighted by Crippen LogP contribution is 2.23. The molecule has 0 heterocycles. The second-order valence-electron chi connectivity index (χ2n) is 5.81. The van der Waals surface area contributed by atoms with Gasteiger partial charge in [-0.3, -0.25) is 9.59 Å². The summed E-state index contributed by atoms with van der Waals surface area (Å²) in [6.45, 7) is 2.10. The number of halogens is 1. The van der Waals surface area contributed by atoms with Crippen LogP contribution in [0.25, 0.3) is 0 Å². The Hall–Kier alpha value is -1.36. The summed E-state index contributed by atoms with van der Waals surface area (Å²) in [5.41, 5.74) is 0.778. The van der Waals surface area contributed by atoms with Gasteiger partial charge < -0.3 is 10.2 Å². The third-order valence-electron chi connectivity index (χ3n) is 4.13. The third-order valence-corrected chi connectivity index (χ3v) is 4.66. The fourth-order valence-corrected chi connectivity index (χ4v) is 3.23. The predicted octanol–water partition coefficient (Wildman–Crippen LogP) is 3.96. The Morgan fingerprint density at radius 1 is 1.18 bits per heavy atom. The fourth-order valence-electron chi connectivity index (χ4n) is 2.97. The average molecular weight is 367 g/mol. The van der Waals surface area contributed by atoms with Gasteiger partial charge in [0.1, 0.15) is 0 Å². The van der Waals surface area contributed by atoms with Gasteiger partial charge in [0, 0.05) is 36.1 Å². The number of nitrogens with one attached hydrogen (secondary N) is 1. The molecule has 1 aliphatic carbocycles. The van der Waals surface area contributed by atoms with Crippen molar-refractivity contribution in [3.8, 4) is 0 Å². The zero-order chi connectivity index (χ0) is 15.9. The van der Waals surface area contributed by atoms with Gasteiger partial charge in [0.25, 0.3) is 0 Å². The van der Waals surface area contributed by atoms with E-state index in [0.717, 1.165) is 23.0 Å². The van der Waals surface area contributed by atoms with Crippen LogP contribution in [0.3, 0.4) is 0 Å². The van der Waals surface area contributed by atoms with Gasteiger partial charge in [-0.05, 0) is 37.1 Å². The van der Waals surface area contributed by atoms with Gasteiger partial charge in [-0.1, -0.05) is 35.2 Å². The monoisotopic (exact) mass is 366 g/mol. The van der Waals surface area contributed by atoms with Crippen LogP contribution < -0.4 is 5.32 Å². The number of rotatable bonds is 5. The van der Waals surface area contributed by atoms with Crippen LogP contribution in [0, 0.1) is 0 Å². The van der Waals surface area contributed by atoms with Crippen molar-refractivity contribution in [3.63, 3.8) is 0 Å². The smallest absolute Gasteiger partial charge is 0.226 e. The Labute approximate surface area is 140 Å². The molecule has 0 aromatic heterocycles. The van der Waals surface area contributed by atoms with Crippen molar-refractivity contribution < 1.29 is 9.59 Å². The van der Waals surface area contributed by atoms with Crippen molar-refractivity contribution in [1.29, 1.82) is 0 Å². The lowest BCUT2D eigenvalue weighted by Crippen LogP contribution is -2.41. The maximum absolute atomic E-state index is 12.0. The highest BCUT2D eigenvalue weighted by Gasteiger charge is 2.23. The maximum atomic E-state index is 12.0. The molecule has 22 heavy (non-hydrogen) atoms. The summed E-state index contributed by atoms with van der Waals surface area (Å²) in [4.78, 5) is 25.8. The molecule has 5 heteroatoms. The molecule has 120 valence electrons. The molecule has 1 fully saturated rings. The minimum atomic E-state index is -0.0515. The standard InChI is InChI=1S/C17H23BrN2O2/c1-13(21)20(16-5-3-2-4-6-16)12-11-17(22)19-15-9-7-14(18)8-10-15/h7-10,16H,2-6,11-12H2,1H3,(H,19,22). The molecule has 0 atom stereocenters. The van der Waals surface area contributed by atoms with Crippen molar-refractivity contribution in [3.05, 3.63) is 28.7 Å². The maximum Gasteiger partial charge on any atom is 0.226 e. The van der Waals surface area contributed by atoms with E-state index in [0.29, 0.717) is 19.0 Å². The van der Waals surface area contributed by atoms with E-state index >= 15 is 0 Å². The average Bonchev–Trinajstić information content (AvgIpc) is 2.50. The summed E-state index contributed by atoms with van der Waals surface area (Å²) in [5, 5.41) is 2.87. The molecule has 0 aliphatic heterocycles. The van der Waals surface area contributed by atoms with Crippen LogP contribution in [0.5, 0.6) is 0 Å². The number of carbonyl (C=O) groups is 2. The number of hydrogen-bond acceptors (Lipinski definition) is 2. The number of nitrogens with zero attached hydrogens (tertiary/aromatic N) is 1. The normalized spacial score (nSPS) is 15.4. The van der Waals surface area contributed by atoms with E-state index < -0.39 is 0 Å². The number of anilines is 1. The minimum Gasteiger partial charge on any atom is -0.339 e. The lowest BCUT2D eigenvalue weighted by molar-refractivity contribution is -0.132. The fraction of sp³-hybridized carbons (Fsp3) is 0.529. The van der Waals surface area contributed by atoms with Crippen molar-refractivity contribution in [1.82, 2.24) is 4.90 Å². The highest BCUT2D eigenvalue weighted by atomic mass is 79.9. The van der Waals surface area contributed by atoms with Gasteiger partial charge in [0.2, 0.25) is 11.8 Å². The van der Waals surface area contributed by atoms with Crippen LogP contribution >= 0.6 is 15.9 Å².